The summed E-state index contributed by atoms with van der Waals surface area (Å²) in [5.41, 5.74) is 6.80. The summed E-state index contributed by atoms with van der Waals surface area (Å²) < 4.78 is 1.80. The molecule has 128 valence electrons. The molecule has 0 amide bonds. The van der Waals surface area contributed by atoms with Crippen LogP contribution in [0.3, 0.4) is 0 Å². The second-order valence-corrected chi connectivity index (χ2v) is 6.85. The number of fused-ring (bicyclic) bond motifs is 1. The quantitative estimate of drug-likeness (QED) is 0.542. The third kappa shape index (κ3) is 2.95. The van der Waals surface area contributed by atoms with Crippen LogP contribution >= 0.6 is 11.3 Å². The summed E-state index contributed by atoms with van der Waals surface area (Å²) in [5.74, 6) is 0. The van der Waals surface area contributed by atoms with Gasteiger partial charge in [-0.2, -0.15) is 10.4 Å². The molecule has 0 aliphatic rings. The molecule has 4 aromatic heterocycles. The number of aryl methyl sites for hydroxylation is 1. The third-order valence-electron chi connectivity index (χ3n) is 4.19. The Hall–Kier alpha value is -3.11. The number of imidazole rings is 1. The van der Waals surface area contributed by atoms with Crippen LogP contribution < -0.4 is 0 Å². The van der Waals surface area contributed by atoms with Crippen molar-refractivity contribution in [3.8, 4) is 17.5 Å². The Kier molecular flexibility index (Phi) is 4.42. The van der Waals surface area contributed by atoms with Crippen LogP contribution in [0.2, 0.25) is 0 Å². The van der Waals surface area contributed by atoms with Crippen LogP contribution in [0.5, 0.6) is 0 Å². The van der Waals surface area contributed by atoms with Crippen LogP contribution in [0.25, 0.3) is 17.0 Å². The van der Waals surface area contributed by atoms with Gasteiger partial charge in [0.05, 0.1) is 16.8 Å². The molecule has 4 aromatic rings. The molecule has 0 fully saturated rings. The number of aromatic nitrogens is 5. The Labute approximate surface area is 154 Å². The molecule has 6 nitrogen and oxygen atoms in total. The fourth-order valence-corrected chi connectivity index (χ4v) is 3.76. The van der Waals surface area contributed by atoms with Gasteiger partial charge in [0.15, 0.2) is 5.65 Å². The van der Waals surface area contributed by atoms with E-state index in [9.17, 15) is 5.26 Å². The second kappa shape index (κ2) is 7.02. The highest BCUT2D eigenvalue weighted by Gasteiger charge is 2.17. The summed E-state index contributed by atoms with van der Waals surface area (Å²) in [4.78, 5) is 14.2. The van der Waals surface area contributed by atoms with Gasteiger partial charge < -0.3 is 0 Å². The zero-order valence-corrected chi connectivity index (χ0v) is 15.1. The highest BCUT2D eigenvalue weighted by molar-refractivity contribution is 7.10. The fourth-order valence-electron chi connectivity index (χ4n) is 2.99. The van der Waals surface area contributed by atoms with E-state index >= 15 is 0 Å². The summed E-state index contributed by atoms with van der Waals surface area (Å²) in [5, 5.41) is 14.1. The van der Waals surface area contributed by atoms with Crippen molar-refractivity contribution in [2.24, 2.45) is 0 Å². The van der Waals surface area contributed by atoms with E-state index in [0.717, 1.165) is 34.8 Å². The minimum absolute atomic E-state index is 0.534. The van der Waals surface area contributed by atoms with Gasteiger partial charge in [-0.25, -0.2) is 14.5 Å². The molecule has 4 rings (SSSR count). The van der Waals surface area contributed by atoms with E-state index in [4.69, 9.17) is 5.10 Å². The molecular formula is C19H16N6S. The van der Waals surface area contributed by atoms with Gasteiger partial charge in [-0.1, -0.05) is 13.3 Å². The average Bonchev–Trinajstić information content (AvgIpc) is 3.31. The smallest absolute Gasteiger partial charge is 0.153 e. The van der Waals surface area contributed by atoms with Crippen LogP contribution in [0.15, 0.2) is 42.3 Å². The Balaban J connectivity index is 1.77. The molecule has 0 atom stereocenters. The molecule has 0 N–H and O–H groups in total. The maximum atomic E-state index is 9.37. The van der Waals surface area contributed by atoms with E-state index in [-0.39, 0.29) is 0 Å². The van der Waals surface area contributed by atoms with E-state index < -0.39 is 0 Å². The molecule has 7 heteroatoms. The van der Waals surface area contributed by atoms with Crippen molar-refractivity contribution in [3.05, 3.63) is 64.0 Å². The minimum atomic E-state index is 0.534. The molecule has 26 heavy (non-hydrogen) atoms. The second-order valence-electron chi connectivity index (χ2n) is 5.91. The van der Waals surface area contributed by atoms with Gasteiger partial charge in [0.25, 0.3) is 0 Å². The van der Waals surface area contributed by atoms with E-state index in [2.05, 4.69) is 34.0 Å². The third-order valence-corrected chi connectivity index (χ3v) is 5.03. The lowest BCUT2D eigenvalue weighted by molar-refractivity contribution is 0.821. The van der Waals surface area contributed by atoms with Crippen molar-refractivity contribution < 1.29 is 0 Å². The zero-order chi connectivity index (χ0) is 17.9. The van der Waals surface area contributed by atoms with Gasteiger partial charge >= 0.3 is 0 Å². The Bertz CT molecular complexity index is 1100. The topological polar surface area (TPSA) is 79.8 Å². The van der Waals surface area contributed by atoms with Crippen molar-refractivity contribution in [2.45, 2.75) is 26.2 Å². The number of hydrogen-bond donors (Lipinski definition) is 0. The summed E-state index contributed by atoms with van der Waals surface area (Å²) >= 11 is 1.57. The van der Waals surface area contributed by atoms with Crippen LogP contribution in [0, 0.1) is 11.3 Å². The van der Waals surface area contributed by atoms with E-state index in [1.807, 2.05) is 6.20 Å². The van der Waals surface area contributed by atoms with Crippen molar-refractivity contribution in [1.82, 2.24) is 24.6 Å². The molecule has 0 saturated heterocycles. The monoisotopic (exact) mass is 360 g/mol. The number of thiazole rings is 1. The minimum Gasteiger partial charge on any atom is -0.253 e. The first-order valence-corrected chi connectivity index (χ1v) is 9.28. The average molecular weight is 360 g/mol. The highest BCUT2D eigenvalue weighted by Crippen LogP contribution is 2.29. The van der Waals surface area contributed by atoms with E-state index in [0.29, 0.717) is 17.7 Å². The maximum absolute atomic E-state index is 9.37. The number of pyridine rings is 1. The van der Waals surface area contributed by atoms with Crippen molar-refractivity contribution in [3.63, 3.8) is 0 Å². The van der Waals surface area contributed by atoms with Crippen molar-refractivity contribution in [1.29, 1.82) is 5.26 Å². The van der Waals surface area contributed by atoms with Crippen molar-refractivity contribution in [2.75, 3.05) is 0 Å². The van der Waals surface area contributed by atoms with E-state index in [1.165, 1.54) is 5.56 Å². The van der Waals surface area contributed by atoms with Gasteiger partial charge in [-0.05, 0) is 30.2 Å². The molecular weight excluding hydrogens is 344 g/mol. The molecule has 0 saturated carbocycles. The molecule has 0 aliphatic carbocycles. The standard InChI is InChI=1S/C19H16N6S/c1-2-4-13-9-17-21-7-8-25(17)24-15(13)10-16-19(23-12-26-16)18-14(11-20)5-3-6-22-18/h3,5-9,12H,2,4,10H2,1H3. The molecule has 0 aliphatic heterocycles. The Morgan fingerprint density at radius 1 is 1.19 bits per heavy atom. The van der Waals surface area contributed by atoms with Crippen molar-refractivity contribution >= 4 is 17.0 Å². The molecule has 0 bridgehead atoms. The van der Waals surface area contributed by atoms with Crippen LogP contribution in [-0.2, 0) is 12.8 Å². The first-order valence-electron chi connectivity index (χ1n) is 8.40. The van der Waals surface area contributed by atoms with Gasteiger partial charge in [-0.3, -0.25) is 4.98 Å². The number of rotatable bonds is 5. The van der Waals surface area contributed by atoms with Crippen LogP contribution in [0.4, 0.5) is 0 Å². The molecule has 0 radical (unpaired) electrons. The number of nitriles is 1. The first kappa shape index (κ1) is 16.4. The number of hydrogen-bond acceptors (Lipinski definition) is 6. The summed E-state index contributed by atoms with van der Waals surface area (Å²) in [6.07, 6.45) is 7.96. The van der Waals surface area contributed by atoms with Gasteiger partial charge in [0.2, 0.25) is 0 Å². The predicted octanol–water partition coefficient (Wildman–Crippen LogP) is 3.66. The predicted molar refractivity (Wildman–Crippen MR) is 99.8 cm³/mol. The summed E-state index contributed by atoms with van der Waals surface area (Å²) in [6.45, 7) is 2.16. The summed E-state index contributed by atoms with van der Waals surface area (Å²) in [7, 11) is 0. The van der Waals surface area contributed by atoms with Gasteiger partial charge in [-0.15, -0.1) is 11.3 Å². The maximum Gasteiger partial charge on any atom is 0.153 e. The highest BCUT2D eigenvalue weighted by atomic mass is 32.1. The Morgan fingerprint density at radius 2 is 2.12 bits per heavy atom. The lowest BCUT2D eigenvalue weighted by atomic mass is 10.0. The van der Waals surface area contributed by atoms with Crippen LogP contribution in [0.1, 0.15) is 35.0 Å². The Morgan fingerprint density at radius 3 is 2.96 bits per heavy atom. The lowest BCUT2D eigenvalue weighted by Crippen LogP contribution is -2.05. The van der Waals surface area contributed by atoms with E-state index in [1.54, 1.807) is 45.9 Å². The SMILES string of the molecule is CCCc1cc2nccn2nc1Cc1scnc1-c1ncccc1C#N. The first-order chi connectivity index (χ1) is 12.8. The fraction of sp³-hybridized carbons (Fsp3) is 0.211. The summed E-state index contributed by atoms with van der Waals surface area (Å²) in [6, 6.07) is 7.84. The lowest BCUT2D eigenvalue weighted by Gasteiger charge is -2.09. The van der Waals surface area contributed by atoms with Crippen LogP contribution in [-0.4, -0.2) is 24.6 Å². The molecule has 0 spiro atoms. The molecule has 0 aromatic carbocycles. The largest absolute Gasteiger partial charge is 0.253 e. The van der Waals surface area contributed by atoms with Gasteiger partial charge in [0, 0.05) is 29.9 Å². The zero-order valence-electron chi connectivity index (χ0n) is 14.3. The van der Waals surface area contributed by atoms with Gasteiger partial charge in [0.1, 0.15) is 17.5 Å². The molecule has 4 heterocycles. The number of nitrogens with zero attached hydrogens (tertiary/aromatic N) is 6. The molecule has 0 unspecified atom stereocenters. The normalized spacial score (nSPS) is 10.9.